The molecule has 116 valence electrons. The number of aliphatic carboxylic acids is 1. The molecule has 0 saturated carbocycles. The number of carboxylic acid groups (broad SMARTS) is 1. The summed E-state index contributed by atoms with van der Waals surface area (Å²) in [5.74, 6) is -0.339. The average Bonchev–Trinajstić information content (AvgIpc) is 2.61. The zero-order valence-corrected chi connectivity index (χ0v) is 12.3. The monoisotopic (exact) mass is 295 g/mol. The van der Waals surface area contributed by atoms with Gasteiger partial charge in [0.05, 0.1) is 5.92 Å². The quantitative estimate of drug-likeness (QED) is 0.780. The van der Waals surface area contributed by atoms with Gasteiger partial charge in [-0.1, -0.05) is 0 Å². The zero-order valence-electron chi connectivity index (χ0n) is 12.3. The van der Waals surface area contributed by atoms with E-state index in [9.17, 15) is 14.7 Å². The van der Waals surface area contributed by atoms with Crippen molar-refractivity contribution in [3.8, 4) is 0 Å². The smallest absolute Gasteiger partial charge is 0.308 e. The Kier molecular flexibility index (Phi) is 4.56. The highest BCUT2D eigenvalue weighted by molar-refractivity contribution is 5.77. The molecule has 8 nitrogen and oxygen atoms in total. The van der Waals surface area contributed by atoms with Crippen molar-refractivity contribution in [3.05, 3.63) is 11.6 Å². The van der Waals surface area contributed by atoms with Crippen molar-refractivity contribution in [3.63, 3.8) is 0 Å². The van der Waals surface area contributed by atoms with E-state index in [0.717, 1.165) is 0 Å². The van der Waals surface area contributed by atoms with Gasteiger partial charge in [0, 0.05) is 19.1 Å². The average molecular weight is 295 g/mol. The number of likely N-dealkylation sites (tertiary alicyclic amines) is 1. The van der Waals surface area contributed by atoms with Crippen LogP contribution in [-0.2, 0) is 16.1 Å². The highest BCUT2D eigenvalue weighted by Crippen LogP contribution is 2.17. The van der Waals surface area contributed by atoms with Gasteiger partial charge in [-0.25, -0.2) is 9.67 Å². The van der Waals surface area contributed by atoms with Crippen molar-refractivity contribution < 1.29 is 14.7 Å². The number of nitrogens with two attached hydrogens (primary N) is 1. The van der Waals surface area contributed by atoms with E-state index in [1.165, 1.54) is 9.58 Å². The van der Waals surface area contributed by atoms with Crippen LogP contribution in [0.3, 0.4) is 0 Å². The lowest BCUT2D eigenvalue weighted by atomic mass is 10.0. The Morgan fingerprint density at radius 1 is 1.33 bits per heavy atom. The molecule has 8 heteroatoms. The molecule has 1 amide bonds. The number of rotatable bonds is 3. The third-order valence-electron chi connectivity index (χ3n) is 3.73. The van der Waals surface area contributed by atoms with Crippen molar-refractivity contribution in [1.29, 1.82) is 0 Å². The first kappa shape index (κ1) is 15.4. The predicted octanol–water partition coefficient (Wildman–Crippen LogP) is -0.455. The van der Waals surface area contributed by atoms with Gasteiger partial charge < -0.3 is 15.7 Å². The zero-order chi connectivity index (χ0) is 15.6. The van der Waals surface area contributed by atoms with E-state index in [2.05, 4.69) is 10.1 Å². The summed E-state index contributed by atoms with van der Waals surface area (Å²) in [4.78, 5) is 29.3. The minimum atomic E-state index is -0.880. The van der Waals surface area contributed by atoms with Crippen LogP contribution in [-0.4, -0.2) is 55.8 Å². The molecule has 0 bridgehead atoms. The second kappa shape index (κ2) is 6.21. The fourth-order valence-electron chi connectivity index (χ4n) is 2.57. The van der Waals surface area contributed by atoms with E-state index in [4.69, 9.17) is 5.73 Å². The minimum absolute atomic E-state index is 0.0612. The molecule has 1 aromatic heterocycles. The number of carboxylic acids is 1. The molecule has 1 saturated heterocycles. The molecule has 2 atom stereocenters. The highest BCUT2D eigenvalue weighted by atomic mass is 16.4. The summed E-state index contributed by atoms with van der Waals surface area (Å²) in [6.07, 6.45) is 1.12. The summed E-state index contributed by atoms with van der Waals surface area (Å²) in [6.45, 7) is 4.19. The maximum Gasteiger partial charge on any atom is 0.308 e. The Morgan fingerprint density at radius 3 is 2.62 bits per heavy atom. The molecular weight excluding hydrogens is 274 g/mol. The molecular formula is C13H21N5O3. The number of aromatic nitrogens is 3. The van der Waals surface area contributed by atoms with Crippen molar-refractivity contribution >= 4 is 11.9 Å². The van der Waals surface area contributed by atoms with E-state index in [1.807, 2.05) is 0 Å². The van der Waals surface area contributed by atoms with Gasteiger partial charge in [-0.15, -0.1) is 0 Å². The minimum Gasteiger partial charge on any atom is -0.481 e. The first-order valence-corrected chi connectivity index (χ1v) is 7.01. The van der Waals surface area contributed by atoms with Crippen LogP contribution in [0.1, 0.15) is 24.5 Å². The lowest BCUT2D eigenvalue weighted by molar-refractivity contribution is -0.143. The third-order valence-corrected chi connectivity index (χ3v) is 3.73. The molecule has 0 spiro atoms. The van der Waals surface area contributed by atoms with Gasteiger partial charge in [-0.2, -0.15) is 5.10 Å². The third kappa shape index (κ3) is 3.78. The van der Waals surface area contributed by atoms with Gasteiger partial charge in [0.25, 0.3) is 0 Å². The molecule has 2 rings (SSSR count). The lowest BCUT2D eigenvalue weighted by Crippen LogP contribution is -2.43. The normalized spacial score (nSPS) is 22.9. The van der Waals surface area contributed by atoms with Crippen LogP contribution in [0.4, 0.5) is 0 Å². The predicted molar refractivity (Wildman–Crippen MR) is 74.4 cm³/mol. The van der Waals surface area contributed by atoms with Crippen molar-refractivity contribution in [2.75, 3.05) is 13.1 Å². The summed E-state index contributed by atoms with van der Waals surface area (Å²) in [7, 11) is 0. The lowest BCUT2D eigenvalue weighted by Gasteiger charge is -2.24. The van der Waals surface area contributed by atoms with E-state index in [0.29, 0.717) is 31.0 Å². The van der Waals surface area contributed by atoms with Crippen molar-refractivity contribution in [2.24, 2.45) is 11.7 Å². The molecule has 1 aliphatic rings. The maximum absolute atomic E-state index is 12.4. The van der Waals surface area contributed by atoms with Crippen LogP contribution < -0.4 is 5.73 Å². The van der Waals surface area contributed by atoms with Gasteiger partial charge in [-0.3, -0.25) is 9.59 Å². The largest absolute Gasteiger partial charge is 0.481 e. The van der Waals surface area contributed by atoms with E-state index in [-0.39, 0.29) is 25.0 Å². The summed E-state index contributed by atoms with van der Waals surface area (Å²) in [6, 6.07) is -0.183. The fourth-order valence-corrected chi connectivity index (χ4v) is 2.57. The van der Waals surface area contributed by atoms with E-state index in [1.54, 1.807) is 13.8 Å². The first-order chi connectivity index (χ1) is 9.86. The summed E-state index contributed by atoms with van der Waals surface area (Å²) >= 11 is 0. The Morgan fingerprint density at radius 2 is 2.05 bits per heavy atom. The van der Waals surface area contributed by atoms with Crippen LogP contribution in [0.5, 0.6) is 0 Å². The molecule has 0 unspecified atom stereocenters. The molecule has 0 aromatic carbocycles. The Bertz CT molecular complexity index is 542. The number of amides is 1. The van der Waals surface area contributed by atoms with Crippen molar-refractivity contribution in [1.82, 2.24) is 19.7 Å². The second-order valence-electron chi connectivity index (χ2n) is 5.54. The maximum atomic E-state index is 12.4. The van der Waals surface area contributed by atoms with Crippen LogP contribution >= 0.6 is 0 Å². The Labute approximate surface area is 122 Å². The van der Waals surface area contributed by atoms with Crippen LogP contribution in [0.25, 0.3) is 0 Å². The molecule has 1 aromatic rings. The van der Waals surface area contributed by atoms with Gasteiger partial charge in [0.1, 0.15) is 18.2 Å². The Balaban J connectivity index is 2.08. The van der Waals surface area contributed by atoms with E-state index >= 15 is 0 Å². The highest BCUT2D eigenvalue weighted by Gasteiger charge is 2.29. The molecule has 0 aliphatic carbocycles. The van der Waals surface area contributed by atoms with Gasteiger partial charge >= 0.3 is 5.97 Å². The number of carbonyl (C=O) groups is 2. The fraction of sp³-hybridized carbons (Fsp3) is 0.692. The molecule has 21 heavy (non-hydrogen) atoms. The second-order valence-corrected chi connectivity index (χ2v) is 5.54. The first-order valence-electron chi connectivity index (χ1n) is 7.01. The summed E-state index contributed by atoms with van der Waals surface area (Å²) < 4.78 is 1.53. The number of nitrogens with zero attached hydrogens (tertiary/aromatic N) is 4. The standard InChI is InChI=1S/C13H21N5O3/c1-8-15-9(2)18(16-8)7-12(19)17-5-10(13(20)21)3-4-11(14)6-17/h10-11H,3-7,14H2,1-2H3,(H,20,21)/t10-,11+/m0/s1. The van der Waals surface area contributed by atoms with E-state index < -0.39 is 11.9 Å². The molecule has 3 N–H and O–H groups in total. The van der Waals surface area contributed by atoms with Crippen LogP contribution in [0.2, 0.25) is 0 Å². The van der Waals surface area contributed by atoms with Crippen LogP contribution in [0, 0.1) is 19.8 Å². The molecule has 1 aliphatic heterocycles. The number of hydrogen-bond acceptors (Lipinski definition) is 5. The summed E-state index contributed by atoms with van der Waals surface area (Å²) in [5, 5.41) is 13.3. The van der Waals surface area contributed by atoms with Gasteiger partial charge in [0.15, 0.2) is 0 Å². The SMILES string of the molecule is Cc1nc(C)n(CC(=O)N2C[C@H](N)CC[C@H](C(=O)O)C2)n1. The summed E-state index contributed by atoms with van der Waals surface area (Å²) in [5.41, 5.74) is 5.93. The van der Waals surface area contributed by atoms with Crippen LogP contribution in [0.15, 0.2) is 0 Å². The number of hydrogen-bond donors (Lipinski definition) is 2. The molecule has 2 heterocycles. The topological polar surface area (TPSA) is 114 Å². The molecule has 0 radical (unpaired) electrons. The number of carbonyl (C=O) groups excluding carboxylic acids is 1. The van der Waals surface area contributed by atoms with Gasteiger partial charge in [0.2, 0.25) is 5.91 Å². The van der Waals surface area contributed by atoms with Gasteiger partial charge in [-0.05, 0) is 26.7 Å². The Hall–Kier alpha value is -1.96. The van der Waals surface area contributed by atoms with Crippen molar-refractivity contribution in [2.45, 2.75) is 39.3 Å². The number of aryl methyl sites for hydroxylation is 2. The molecule has 1 fully saturated rings.